The third-order valence-electron chi connectivity index (χ3n) is 2.82. The van der Waals surface area contributed by atoms with Crippen molar-refractivity contribution in [1.29, 1.82) is 0 Å². The van der Waals surface area contributed by atoms with Crippen LogP contribution in [0.1, 0.15) is 26.7 Å². The minimum Gasteiger partial charge on any atom is -0.494 e. The van der Waals surface area contributed by atoms with Crippen LogP contribution in [0.2, 0.25) is 0 Å². The van der Waals surface area contributed by atoms with E-state index in [0.717, 1.165) is 25.1 Å². The first-order valence-corrected chi connectivity index (χ1v) is 6.24. The first-order chi connectivity index (χ1) is 8.20. The van der Waals surface area contributed by atoms with Crippen molar-refractivity contribution in [2.45, 2.75) is 32.2 Å². The molecule has 1 unspecified atom stereocenters. The Balaban J connectivity index is 2.32. The van der Waals surface area contributed by atoms with E-state index in [2.05, 4.69) is 12.2 Å². The Morgan fingerprint density at radius 3 is 2.59 bits per heavy atom. The molecular weight excluding hydrogens is 214 g/mol. The molecule has 0 heterocycles. The highest BCUT2D eigenvalue weighted by Gasteiger charge is 2.21. The summed E-state index contributed by atoms with van der Waals surface area (Å²) in [7, 11) is 0. The van der Waals surface area contributed by atoms with Gasteiger partial charge in [-0.3, -0.25) is 0 Å². The van der Waals surface area contributed by atoms with Crippen LogP contribution < -0.4 is 10.1 Å². The highest BCUT2D eigenvalue weighted by molar-refractivity contribution is 5.20. The number of nitrogens with one attached hydrogen (secondary N) is 1. The maximum Gasteiger partial charge on any atom is 0.119 e. The Morgan fingerprint density at radius 2 is 2.00 bits per heavy atom. The van der Waals surface area contributed by atoms with Crippen molar-refractivity contribution in [3.63, 3.8) is 0 Å². The smallest absolute Gasteiger partial charge is 0.119 e. The van der Waals surface area contributed by atoms with E-state index in [1.807, 2.05) is 37.3 Å². The SMILES string of the molecule is CCCNC(C)(CO)CCOc1ccccc1. The number of hydrogen-bond donors (Lipinski definition) is 2. The van der Waals surface area contributed by atoms with Crippen LogP contribution in [0, 0.1) is 0 Å². The number of aliphatic hydroxyl groups is 1. The Morgan fingerprint density at radius 1 is 1.29 bits per heavy atom. The minimum absolute atomic E-state index is 0.130. The van der Waals surface area contributed by atoms with Crippen molar-refractivity contribution >= 4 is 0 Å². The largest absolute Gasteiger partial charge is 0.494 e. The van der Waals surface area contributed by atoms with Gasteiger partial charge in [0.05, 0.1) is 13.2 Å². The highest BCUT2D eigenvalue weighted by atomic mass is 16.5. The van der Waals surface area contributed by atoms with Gasteiger partial charge in [0, 0.05) is 12.0 Å². The molecule has 0 bridgehead atoms. The second-order valence-corrected chi connectivity index (χ2v) is 4.56. The van der Waals surface area contributed by atoms with Gasteiger partial charge in [0.25, 0.3) is 0 Å². The predicted molar refractivity (Wildman–Crippen MR) is 70.3 cm³/mol. The standard InChI is InChI=1S/C14H23NO2/c1-3-10-15-14(2,12-16)9-11-17-13-7-5-4-6-8-13/h4-8,15-16H,3,9-12H2,1-2H3. The third-order valence-corrected chi connectivity index (χ3v) is 2.82. The van der Waals surface area contributed by atoms with Gasteiger partial charge in [0.2, 0.25) is 0 Å². The molecular formula is C14H23NO2. The van der Waals surface area contributed by atoms with Crippen molar-refractivity contribution in [3.8, 4) is 5.75 Å². The number of hydrogen-bond acceptors (Lipinski definition) is 3. The zero-order valence-corrected chi connectivity index (χ0v) is 10.8. The summed E-state index contributed by atoms with van der Waals surface area (Å²) in [6.45, 7) is 5.80. The predicted octanol–water partition coefficient (Wildman–Crippen LogP) is 2.21. The van der Waals surface area contributed by atoms with E-state index < -0.39 is 0 Å². The molecule has 0 radical (unpaired) electrons. The summed E-state index contributed by atoms with van der Waals surface area (Å²) < 4.78 is 5.63. The first-order valence-electron chi connectivity index (χ1n) is 6.24. The molecule has 3 heteroatoms. The number of para-hydroxylation sites is 1. The second-order valence-electron chi connectivity index (χ2n) is 4.56. The Bertz CT molecular complexity index is 302. The van der Waals surface area contributed by atoms with Crippen LogP contribution in [0.4, 0.5) is 0 Å². The molecule has 0 saturated heterocycles. The molecule has 0 aliphatic carbocycles. The lowest BCUT2D eigenvalue weighted by atomic mass is 9.99. The number of benzene rings is 1. The van der Waals surface area contributed by atoms with E-state index in [1.165, 1.54) is 0 Å². The first kappa shape index (κ1) is 14.0. The second kappa shape index (κ2) is 7.30. The van der Waals surface area contributed by atoms with E-state index in [9.17, 15) is 5.11 Å². The maximum atomic E-state index is 9.39. The Labute approximate surface area is 104 Å². The van der Waals surface area contributed by atoms with Crippen LogP contribution in [-0.4, -0.2) is 30.4 Å². The summed E-state index contributed by atoms with van der Waals surface area (Å²) in [5, 5.41) is 12.7. The van der Waals surface area contributed by atoms with Crippen molar-refractivity contribution < 1.29 is 9.84 Å². The summed E-state index contributed by atoms with van der Waals surface area (Å²) in [5.41, 5.74) is -0.245. The molecule has 0 aromatic heterocycles. The summed E-state index contributed by atoms with van der Waals surface area (Å²) in [5.74, 6) is 0.878. The lowest BCUT2D eigenvalue weighted by Crippen LogP contribution is -2.47. The van der Waals surface area contributed by atoms with E-state index in [4.69, 9.17) is 4.74 Å². The van der Waals surface area contributed by atoms with Crippen molar-refractivity contribution in [2.24, 2.45) is 0 Å². The molecule has 0 amide bonds. The average molecular weight is 237 g/mol. The molecule has 0 aliphatic heterocycles. The van der Waals surface area contributed by atoms with Gasteiger partial charge in [-0.05, 0) is 32.0 Å². The summed E-state index contributed by atoms with van der Waals surface area (Å²) in [4.78, 5) is 0. The van der Waals surface area contributed by atoms with Gasteiger partial charge in [-0.15, -0.1) is 0 Å². The minimum atomic E-state index is -0.245. The van der Waals surface area contributed by atoms with Crippen molar-refractivity contribution in [2.75, 3.05) is 19.8 Å². The van der Waals surface area contributed by atoms with Gasteiger partial charge in [-0.2, -0.15) is 0 Å². The molecule has 0 saturated carbocycles. The average Bonchev–Trinajstić information content (AvgIpc) is 2.38. The fourth-order valence-electron chi connectivity index (χ4n) is 1.56. The van der Waals surface area contributed by atoms with E-state index in [-0.39, 0.29) is 12.1 Å². The number of aliphatic hydroxyl groups excluding tert-OH is 1. The fourth-order valence-corrected chi connectivity index (χ4v) is 1.56. The molecule has 17 heavy (non-hydrogen) atoms. The molecule has 1 atom stereocenters. The lowest BCUT2D eigenvalue weighted by molar-refractivity contribution is 0.144. The van der Waals surface area contributed by atoms with Crippen LogP contribution in [0.15, 0.2) is 30.3 Å². The molecule has 1 aromatic carbocycles. The van der Waals surface area contributed by atoms with Crippen LogP contribution >= 0.6 is 0 Å². The summed E-state index contributed by atoms with van der Waals surface area (Å²) >= 11 is 0. The molecule has 0 aliphatic rings. The molecule has 1 rings (SSSR count). The summed E-state index contributed by atoms with van der Waals surface area (Å²) in [6.07, 6.45) is 1.85. The van der Waals surface area contributed by atoms with Crippen molar-refractivity contribution in [3.05, 3.63) is 30.3 Å². The van der Waals surface area contributed by atoms with E-state index >= 15 is 0 Å². The van der Waals surface area contributed by atoms with E-state index in [1.54, 1.807) is 0 Å². The Hall–Kier alpha value is -1.06. The van der Waals surface area contributed by atoms with Gasteiger partial charge in [0.15, 0.2) is 0 Å². The Kier molecular flexibility index (Phi) is 6.01. The number of ether oxygens (including phenoxy) is 1. The molecule has 1 aromatic rings. The zero-order chi connectivity index (χ0) is 12.6. The van der Waals surface area contributed by atoms with Gasteiger partial charge in [-0.25, -0.2) is 0 Å². The quantitative estimate of drug-likeness (QED) is 0.728. The van der Waals surface area contributed by atoms with Crippen LogP contribution in [0.3, 0.4) is 0 Å². The highest BCUT2D eigenvalue weighted by Crippen LogP contribution is 2.13. The maximum absolute atomic E-state index is 9.39. The molecule has 2 N–H and O–H groups in total. The monoisotopic (exact) mass is 237 g/mol. The molecule has 96 valence electrons. The molecule has 0 spiro atoms. The molecule has 0 fully saturated rings. The normalized spacial score (nSPS) is 14.3. The van der Waals surface area contributed by atoms with Gasteiger partial charge in [-0.1, -0.05) is 25.1 Å². The lowest BCUT2D eigenvalue weighted by Gasteiger charge is -2.28. The van der Waals surface area contributed by atoms with Crippen LogP contribution in [-0.2, 0) is 0 Å². The summed E-state index contributed by atoms with van der Waals surface area (Å²) in [6, 6.07) is 9.75. The third kappa shape index (κ3) is 5.20. The van der Waals surface area contributed by atoms with Gasteiger partial charge >= 0.3 is 0 Å². The van der Waals surface area contributed by atoms with Crippen LogP contribution in [0.25, 0.3) is 0 Å². The van der Waals surface area contributed by atoms with E-state index in [0.29, 0.717) is 6.61 Å². The number of rotatable bonds is 8. The van der Waals surface area contributed by atoms with Crippen LogP contribution in [0.5, 0.6) is 5.75 Å². The molecule has 3 nitrogen and oxygen atoms in total. The van der Waals surface area contributed by atoms with Gasteiger partial charge < -0.3 is 15.2 Å². The fraction of sp³-hybridized carbons (Fsp3) is 0.571. The van der Waals surface area contributed by atoms with Gasteiger partial charge in [0.1, 0.15) is 5.75 Å². The topological polar surface area (TPSA) is 41.5 Å². The van der Waals surface area contributed by atoms with Crippen molar-refractivity contribution in [1.82, 2.24) is 5.32 Å². The zero-order valence-electron chi connectivity index (χ0n) is 10.8.